The summed E-state index contributed by atoms with van der Waals surface area (Å²) in [6.07, 6.45) is -2.68. The summed E-state index contributed by atoms with van der Waals surface area (Å²) >= 11 is 0. The third kappa shape index (κ3) is 3.43. The van der Waals surface area contributed by atoms with Crippen LogP contribution in [0.15, 0.2) is 48.8 Å². The van der Waals surface area contributed by atoms with Crippen molar-refractivity contribution in [1.82, 2.24) is 9.55 Å². The highest BCUT2D eigenvalue weighted by atomic mass is 19.4. The minimum Gasteiger partial charge on any atom is -0.389 e. The quantitative estimate of drug-likeness (QED) is 0.766. The molecule has 0 aliphatic heterocycles. The summed E-state index contributed by atoms with van der Waals surface area (Å²) < 4.78 is 39.8. The number of rotatable bonds is 3. The second-order valence-corrected chi connectivity index (χ2v) is 6.46. The van der Waals surface area contributed by atoms with E-state index in [1.54, 1.807) is 20.2 Å². The van der Waals surface area contributed by atoms with Gasteiger partial charge in [-0.2, -0.15) is 13.2 Å². The van der Waals surface area contributed by atoms with Gasteiger partial charge in [0.25, 0.3) is 0 Å². The lowest BCUT2D eigenvalue weighted by Crippen LogP contribution is -2.25. The average Bonchev–Trinajstić information content (AvgIpc) is 2.87. The molecule has 1 N–H and O–H groups in total. The highest BCUT2D eigenvalue weighted by molar-refractivity contribution is 5.82. The first kappa shape index (κ1) is 16.5. The molecule has 3 aromatic rings. The minimum atomic E-state index is -4.33. The van der Waals surface area contributed by atoms with Gasteiger partial charge in [0.2, 0.25) is 0 Å². The number of nitrogens with zero attached hydrogens (tertiary/aromatic N) is 2. The molecule has 1 heterocycles. The van der Waals surface area contributed by atoms with Crippen LogP contribution in [0, 0.1) is 0 Å². The monoisotopic (exact) mass is 334 g/mol. The lowest BCUT2D eigenvalue weighted by atomic mass is 10.0. The molecule has 0 atom stereocenters. The summed E-state index contributed by atoms with van der Waals surface area (Å²) in [5.41, 5.74) is 1.57. The molecule has 1 aromatic heterocycles. The smallest absolute Gasteiger partial charge is 0.389 e. The predicted molar refractivity (Wildman–Crippen MR) is 86.5 cm³/mol. The fourth-order valence-corrected chi connectivity index (χ4v) is 2.64. The van der Waals surface area contributed by atoms with Crippen LogP contribution < -0.4 is 0 Å². The van der Waals surface area contributed by atoms with Crippen LogP contribution in [0.5, 0.6) is 0 Å². The van der Waals surface area contributed by atoms with Crippen molar-refractivity contribution in [2.45, 2.75) is 32.2 Å². The van der Waals surface area contributed by atoms with E-state index in [9.17, 15) is 18.3 Å². The van der Waals surface area contributed by atoms with E-state index in [-0.39, 0.29) is 0 Å². The van der Waals surface area contributed by atoms with Crippen molar-refractivity contribution < 1.29 is 18.3 Å². The van der Waals surface area contributed by atoms with E-state index in [0.717, 1.165) is 28.7 Å². The molecule has 126 valence electrons. The Labute approximate surface area is 137 Å². The summed E-state index contributed by atoms with van der Waals surface area (Å²) in [7, 11) is 0. The molecule has 2 aromatic carbocycles. The lowest BCUT2D eigenvalue weighted by molar-refractivity contribution is -0.137. The minimum absolute atomic E-state index is 0.406. The normalized spacial score (nSPS) is 12.8. The maximum absolute atomic E-state index is 12.6. The van der Waals surface area contributed by atoms with Crippen molar-refractivity contribution in [3.8, 4) is 11.1 Å². The zero-order valence-corrected chi connectivity index (χ0v) is 13.3. The molecule has 3 nitrogen and oxygen atoms in total. The molecule has 0 radical (unpaired) electrons. The van der Waals surface area contributed by atoms with E-state index < -0.39 is 17.3 Å². The molecule has 0 unspecified atom stereocenters. The molecule has 0 saturated carbocycles. The maximum atomic E-state index is 12.6. The molecule has 0 aliphatic carbocycles. The van der Waals surface area contributed by atoms with Crippen LogP contribution in [0.2, 0.25) is 0 Å². The lowest BCUT2D eigenvalue weighted by Gasteiger charge is -2.18. The molecule has 6 heteroatoms. The summed E-state index contributed by atoms with van der Waals surface area (Å²) in [5, 5.41) is 9.93. The zero-order chi connectivity index (χ0) is 17.5. The molecular formula is C18H17F3N2O. The van der Waals surface area contributed by atoms with Crippen molar-refractivity contribution >= 4 is 11.0 Å². The molecule has 24 heavy (non-hydrogen) atoms. The van der Waals surface area contributed by atoms with Crippen molar-refractivity contribution in [1.29, 1.82) is 0 Å². The third-order valence-electron chi connectivity index (χ3n) is 3.72. The Kier molecular flexibility index (Phi) is 3.87. The molecule has 3 rings (SSSR count). The number of fused-ring (bicyclic) bond motifs is 1. The predicted octanol–water partition coefficient (Wildman–Crippen LogP) is 4.49. The Bertz CT molecular complexity index is 859. The van der Waals surface area contributed by atoms with Gasteiger partial charge in [0.1, 0.15) is 0 Å². The molecular weight excluding hydrogens is 317 g/mol. The van der Waals surface area contributed by atoms with Gasteiger partial charge in [0.15, 0.2) is 0 Å². The zero-order valence-electron chi connectivity index (χ0n) is 13.3. The van der Waals surface area contributed by atoms with Crippen LogP contribution in [-0.2, 0) is 12.7 Å². The van der Waals surface area contributed by atoms with Crippen molar-refractivity contribution in [2.75, 3.05) is 0 Å². The van der Waals surface area contributed by atoms with E-state index in [1.165, 1.54) is 12.1 Å². The average molecular weight is 334 g/mol. The van der Waals surface area contributed by atoms with Crippen LogP contribution in [0.25, 0.3) is 22.2 Å². The van der Waals surface area contributed by atoms with E-state index in [1.807, 2.05) is 22.8 Å². The Balaban J connectivity index is 1.94. The fraction of sp³-hybridized carbons (Fsp3) is 0.278. The van der Waals surface area contributed by atoms with E-state index >= 15 is 0 Å². The topological polar surface area (TPSA) is 38.0 Å². The van der Waals surface area contributed by atoms with Gasteiger partial charge in [-0.05, 0) is 49.2 Å². The number of benzene rings is 2. The summed E-state index contributed by atoms with van der Waals surface area (Å²) in [6.45, 7) is 3.84. The number of aromatic nitrogens is 2. The molecule has 0 amide bonds. The Morgan fingerprint density at radius 2 is 1.62 bits per heavy atom. The summed E-state index contributed by atoms with van der Waals surface area (Å²) in [6, 6.07) is 10.6. The summed E-state index contributed by atoms with van der Waals surface area (Å²) in [5.74, 6) is 0. The number of halogens is 3. The van der Waals surface area contributed by atoms with Crippen LogP contribution in [0.1, 0.15) is 19.4 Å². The maximum Gasteiger partial charge on any atom is 0.416 e. The van der Waals surface area contributed by atoms with Crippen molar-refractivity contribution in [2.24, 2.45) is 0 Å². The highest BCUT2D eigenvalue weighted by Crippen LogP contribution is 2.31. The van der Waals surface area contributed by atoms with Gasteiger partial charge < -0.3 is 9.67 Å². The second-order valence-electron chi connectivity index (χ2n) is 6.46. The molecule has 0 bridgehead atoms. The van der Waals surface area contributed by atoms with E-state index in [2.05, 4.69) is 4.98 Å². The molecule has 0 aliphatic rings. The molecule has 0 saturated heterocycles. The first-order chi connectivity index (χ1) is 11.1. The Morgan fingerprint density at radius 1 is 1.00 bits per heavy atom. The van der Waals surface area contributed by atoms with Gasteiger partial charge in [0.05, 0.1) is 35.1 Å². The first-order valence-electron chi connectivity index (χ1n) is 7.48. The first-order valence-corrected chi connectivity index (χ1v) is 7.48. The van der Waals surface area contributed by atoms with Gasteiger partial charge in [-0.3, -0.25) is 0 Å². The second kappa shape index (κ2) is 5.63. The molecule has 0 spiro atoms. The standard InChI is InChI=1S/C18H17F3N2O/c1-17(2,24)10-23-11-22-15-9-13(5-8-16(15)23)12-3-6-14(7-4-12)18(19,20)21/h3-9,11,24H,10H2,1-2H3. The van der Waals surface area contributed by atoms with Crippen LogP contribution in [-0.4, -0.2) is 20.3 Å². The third-order valence-corrected chi connectivity index (χ3v) is 3.72. The number of aliphatic hydroxyl groups is 1. The van der Waals surface area contributed by atoms with Gasteiger partial charge >= 0.3 is 6.18 Å². The van der Waals surface area contributed by atoms with Crippen molar-refractivity contribution in [3.05, 3.63) is 54.4 Å². The SMILES string of the molecule is CC(C)(O)Cn1cnc2cc(-c3ccc(C(F)(F)F)cc3)ccc21. The number of alkyl halides is 3. The van der Waals surface area contributed by atoms with Gasteiger partial charge in [-0.1, -0.05) is 18.2 Å². The summed E-state index contributed by atoms with van der Waals surface area (Å²) in [4.78, 5) is 4.32. The fourth-order valence-electron chi connectivity index (χ4n) is 2.64. The van der Waals surface area contributed by atoms with Crippen LogP contribution >= 0.6 is 0 Å². The van der Waals surface area contributed by atoms with E-state index in [0.29, 0.717) is 12.1 Å². The Morgan fingerprint density at radius 3 is 2.21 bits per heavy atom. The Hall–Kier alpha value is -2.34. The number of hydrogen-bond acceptors (Lipinski definition) is 2. The van der Waals surface area contributed by atoms with Crippen LogP contribution in [0.3, 0.4) is 0 Å². The van der Waals surface area contributed by atoms with Gasteiger partial charge in [-0.25, -0.2) is 4.98 Å². The number of imidazole rings is 1. The van der Waals surface area contributed by atoms with Crippen LogP contribution in [0.4, 0.5) is 13.2 Å². The number of hydrogen-bond donors (Lipinski definition) is 1. The van der Waals surface area contributed by atoms with E-state index in [4.69, 9.17) is 0 Å². The largest absolute Gasteiger partial charge is 0.416 e. The molecule has 0 fully saturated rings. The van der Waals surface area contributed by atoms with Gasteiger partial charge in [0, 0.05) is 0 Å². The van der Waals surface area contributed by atoms with Crippen molar-refractivity contribution in [3.63, 3.8) is 0 Å². The van der Waals surface area contributed by atoms with Gasteiger partial charge in [-0.15, -0.1) is 0 Å². The highest BCUT2D eigenvalue weighted by Gasteiger charge is 2.30.